The molecule has 1 aromatic carbocycles. The molecule has 3 rings (SSSR count). The van der Waals surface area contributed by atoms with Gasteiger partial charge in [0.05, 0.1) is 19.8 Å². The zero-order valence-electron chi connectivity index (χ0n) is 12.5. The number of methoxy groups -OCH3 is 1. The summed E-state index contributed by atoms with van der Waals surface area (Å²) in [4.78, 5) is 2.57. The number of rotatable bonds is 6. The van der Waals surface area contributed by atoms with Gasteiger partial charge in [0, 0.05) is 42.8 Å². The number of halogens is 1. The van der Waals surface area contributed by atoms with Crippen LogP contribution in [0.3, 0.4) is 0 Å². The molecule has 5 heteroatoms. The molecule has 116 valence electrons. The SMILES string of the molecule is COc1ccc(Cl)cc1CNC[C@@H]1CN(C2CC2)CCO1. The van der Waals surface area contributed by atoms with Crippen LogP contribution in [0.15, 0.2) is 18.2 Å². The minimum Gasteiger partial charge on any atom is -0.496 e. The molecule has 0 bridgehead atoms. The van der Waals surface area contributed by atoms with Crippen molar-refractivity contribution >= 4 is 11.6 Å². The van der Waals surface area contributed by atoms with E-state index < -0.39 is 0 Å². The van der Waals surface area contributed by atoms with E-state index in [2.05, 4.69) is 10.2 Å². The Morgan fingerprint density at radius 3 is 3.05 bits per heavy atom. The highest BCUT2D eigenvalue weighted by Crippen LogP contribution is 2.28. The van der Waals surface area contributed by atoms with Gasteiger partial charge in [0.1, 0.15) is 5.75 Å². The van der Waals surface area contributed by atoms with E-state index in [1.165, 1.54) is 12.8 Å². The monoisotopic (exact) mass is 310 g/mol. The van der Waals surface area contributed by atoms with Crippen LogP contribution in [-0.4, -0.2) is 50.4 Å². The Hall–Kier alpha value is -0.810. The van der Waals surface area contributed by atoms with Crippen molar-refractivity contribution in [2.24, 2.45) is 0 Å². The summed E-state index contributed by atoms with van der Waals surface area (Å²) in [5.41, 5.74) is 1.08. The van der Waals surface area contributed by atoms with Crippen LogP contribution in [0.2, 0.25) is 5.02 Å². The summed E-state index contributed by atoms with van der Waals surface area (Å²) < 4.78 is 11.2. The Kier molecular flexibility index (Phi) is 5.01. The van der Waals surface area contributed by atoms with E-state index >= 15 is 0 Å². The minimum absolute atomic E-state index is 0.282. The number of ether oxygens (including phenoxy) is 2. The van der Waals surface area contributed by atoms with E-state index in [9.17, 15) is 0 Å². The lowest BCUT2D eigenvalue weighted by atomic mass is 10.2. The molecule has 0 amide bonds. The Labute approximate surface area is 131 Å². The van der Waals surface area contributed by atoms with E-state index in [1.54, 1.807) is 7.11 Å². The highest BCUT2D eigenvalue weighted by Gasteiger charge is 2.32. The van der Waals surface area contributed by atoms with Crippen molar-refractivity contribution in [3.63, 3.8) is 0 Å². The van der Waals surface area contributed by atoms with Gasteiger partial charge in [-0.05, 0) is 31.0 Å². The van der Waals surface area contributed by atoms with Crippen LogP contribution in [0.25, 0.3) is 0 Å². The number of hydrogen-bond donors (Lipinski definition) is 1. The van der Waals surface area contributed by atoms with Gasteiger partial charge in [0.2, 0.25) is 0 Å². The van der Waals surface area contributed by atoms with E-state index in [-0.39, 0.29) is 6.10 Å². The summed E-state index contributed by atoms with van der Waals surface area (Å²) in [7, 11) is 1.69. The largest absolute Gasteiger partial charge is 0.496 e. The lowest BCUT2D eigenvalue weighted by Gasteiger charge is -2.33. The second-order valence-electron chi connectivity index (χ2n) is 5.81. The second-order valence-corrected chi connectivity index (χ2v) is 6.24. The predicted octanol–water partition coefficient (Wildman–Crippen LogP) is 2.30. The van der Waals surface area contributed by atoms with Gasteiger partial charge in [0.25, 0.3) is 0 Å². The van der Waals surface area contributed by atoms with Crippen LogP contribution in [0.5, 0.6) is 5.75 Å². The molecule has 1 saturated carbocycles. The van der Waals surface area contributed by atoms with Gasteiger partial charge in [-0.3, -0.25) is 4.90 Å². The molecule has 1 aromatic rings. The average Bonchev–Trinajstić information content (AvgIpc) is 3.33. The molecular formula is C16H23ClN2O2. The fourth-order valence-corrected chi connectivity index (χ4v) is 3.08. The molecule has 1 atom stereocenters. The minimum atomic E-state index is 0.282. The van der Waals surface area contributed by atoms with Crippen LogP contribution in [0, 0.1) is 0 Å². The summed E-state index contributed by atoms with van der Waals surface area (Å²) in [5, 5.41) is 4.20. The Morgan fingerprint density at radius 1 is 1.43 bits per heavy atom. The van der Waals surface area contributed by atoms with Gasteiger partial charge in [-0.1, -0.05) is 11.6 Å². The third-order valence-corrected chi connectivity index (χ3v) is 4.40. The summed E-state index contributed by atoms with van der Waals surface area (Å²) >= 11 is 6.05. The Morgan fingerprint density at radius 2 is 2.29 bits per heavy atom. The zero-order valence-corrected chi connectivity index (χ0v) is 13.2. The third-order valence-electron chi connectivity index (χ3n) is 4.16. The van der Waals surface area contributed by atoms with Crippen molar-refractivity contribution in [1.82, 2.24) is 10.2 Å². The van der Waals surface area contributed by atoms with Crippen LogP contribution in [0.4, 0.5) is 0 Å². The molecule has 1 aliphatic heterocycles. The molecule has 1 saturated heterocycles. The van der Waals surface area contributed by atoms with E-state index in [4.69, 9.17) is 21.1 Å². The average molecular weight is 311 g/mol. The van der Waals surface area contributed by atoms with Crippen LogP contribution < -0.4 is 10.1 Å². The topological polar surface area (TPSA) is 33.7 Å². The van der Waals surface area contributed by atoms with Crippen LogP contribution >= 0.6 is 11.6 Å². The molecule has 1 heterocycles. The number of morpholine rings is 1. The maximum atomic E-state index is 6.05. The Balaban J connectivity index is 1.48. The van der Waals surface area contributed by atoms with E-state index in [0.717, 1.165) is 55.2 Å². The van der Waals surface area contributed by atoms with E-state index in [1.807, 2.05) is 18.2 Å². The lowest BCUT2D eigenvalue weighted by molar-refractivity contribution is -0.0301. The van der Waals surface area contributed by atoms with Crippen molar-refractivity contribution in [2.75, 3.05) is 33.4 Å². The van der Waals surface area contributed by atoms with Gasteiger partial charge >= 0.3 is 0 Å². The third kappa shape index (κ3) is 4.10. The molecular weight excluding hydrogens is 288 g/mol. The molecule has 4 nitrogen and oxygen atoms in total. The molecule has 1 aliphatic carbocycles. The normalized spacial score (nSPS) is 23.2. The standard InChI is InChI=1S/C16H23ClN2O2/c1-20-16-5-2-13(17)8-12(16)9-18-10-15-11-19(6-7-21-15)14-3-4-14/h2,5,8,14-15,18H,3-4,6-7,9-11H2,1H3/t15-/m1/s1. The van der Waals surface area contributed by atoms with Gasteiger partial charge in [-0.25, -0.2) is 0 Å². The smallest absolute Gasteiger partial charge is 0.123 e. The van der Waals surface area contributed by atoms with Gasteiger partial charge < -0.3 is 14.8 Å². The number of hydrogen-bond acceptors (Lipinski definition) is 4. The summed E-state index contributed by atoms with van der Waals surface area (Å²) in [6.45, 7) is 4.59. The van der Waals surface area contributed by atoms with Crippen LogP contribution in [0.1, 0.15) is 18.4 Å². The summed E-state index contributed by atoms with van der Waals surface area (Å²) in [6.07, 6.45) is 3.00. The first-order valence-electron chi connectivity index (χ1n) is 7.65. The number of nitrogens with zero attached hydrogens (tertiary/aromatic N) is 1. The molecule has 0 aromatic heterocycles. The molecule has 0 unspecified atom stereocenters. The predicted molar refractivity (Wildman–Crippen MR) is 84.0 cm³/mol. The lowest BCUT2D eigenvalue weighted by Crippen LogP contribution is -2.47. The molecule has 0 radical (unpaired) electrons. The maximum Gasteiger partial charge on any atom is 0.123 e. The number of nitrogens with one attached hydrogen (secondary N) is 1. The highest BCUT2D eigenvalue weighted by atomic mass is 35.5. The summed E-state index contributed by atoms with van der Waals surface area (Å²) in [6, 6.07) is 6.53. The van der Waals surface area contributed by atoms with E-state index in [0.29, 0.717) is 0 Å². The first-order chi connectivity index (χ1) is 10.3. The maximum absolute atomic E-state index is 6.05. The first kappa shape index (κ1) is 15.1. The van der Waals surface area contributed by atoms with Crippen molar-refractivity contribution < 1.29 is 9.47 Å². The Bertz CT molecular complexity index is 479. The fraction of sp³-hybridized carbons (Fsp3) is 0.625. The van der Waals surface area contributed by atoms with Crippen LogP contribution in [-0.2, 0) is 11.3 Å². The van der Waals surface area contributed by atoms with Gasteiger partial charge in [-0.15, -0.1) is 0 Å². The first-order valence-corrected chi connectivity index (χ1v) is 8.03. The zero-order chi connectivity index (χ0) is 14.7. The van der Waals surface area contributed by atoms with Crippen molar-refractivity contribution in [3.8, 4) is 5.75 Å². The van der Waals surface area contributed by atoms with Crippen molar-refractivity contribution in [1.29, 1.82) is 0 Å². The fourth-order valence-electron chi connectivity index (χ4n) is 2.89. The van der Waals surface area contributed by atoms with Crippen molar-refractivity contribution in [2.45, 2.75) is 31.5 Å². The molecule has 0 spiro atoms. The molecule has 21 heavy (non-hydrogen) atoms. The quantitative estimate of drug-likeness (QED) is 0.874. The number of benzene rings is 1. The molecule has 2 aliphatic rings. The molecule has 2 fully saturated rings. The summed E-state index contributed by atoms with van der Waals surface area (Å²) in [5.74, 6) is 0.871. The highest BCUT2D eigenvalue weighted by molar-refractivity contribution is 6.30. The second kappa shape index (κ2) is 6.97. The van der Waals surface area contributed by atoms with Gasteiger partial charge in [0.15, 0.2) is 0 Å². The molecule has 1 N–H and O–H groups in total. The van der Waals surface area contributed by atoms with Gasteiger partial charge in [-0.2, -0.15) is 0 Å². The van der Waals surface area contributed by atoms with Crippen molar-refractivity contribution in [3.05, 3.63) is 28.8 Å².